The molecule has 5 heteroatoms. The van der Waals surface area contributed by atoms with Gasteiger partial charge >= 0.3 is 0 Å². The Morgan fingerprint density at radius 3 is 1.93 bits per heavy atom. The molecule has 4 rings (SSSR count). The van der Waals surface area contributed by atoms with Crippen molar-refractivity contribution in [2.45, 2.75) is 17.7 Å². The summed E-state index contributed by atoms with van der Waals surface area (Å²) in [6.07, 6.45) is 1.93. The van der Waals surface area contributed by atoms with Crippen molar-refractivity contribution in [3.8, 4) is 0 Å². The molecular formula is C25H23NO3S. The van der Waals surface area contributed by atoms with E-state index in [1.807, 2.05) is 66.7 Å². The molecule has 152 valence electrons. The van der Waals surface area contributed by atoms with E-state index in [1.165, 1.54) is 11.2 Å². The van der Waals surface area contributed by atoms with Crippen LogP contribution in [0, 0.1) is 5.92 Å². The highest BCUT2D eigenvalue weighted by atomic mass is 32.2. The number of nitrogens with zero attached hydrogens (tertiary/aromatic N) is 1. The van der Waals surface area contributed by atoms with Crippen LogP contribution in [0.15, 0.2) is 102 Å². The summed E-state index contributed by atoms with van der Waals surface area (Å²) in [5, 5.41) is 0. The monoisotopic (exact) mass is 417 g/mol. The van der Waals surface area contributed by atoms with Crippen LogP contribution < -0.4 is 0 Å². The summed E-state index contributed by atoms with van der Waals surface area (Å²) in [5.41, 5.74) is 2.41. The van der Waals surface area contributed by atoms with E-state index in [2.05, 4.69) is 0 Å². The number of hydrogen-bond acceptors (Lipinski definition) is 3. The second-order valence-electron chi connectivity index (χ2n) is 7.42. The number of ketones is 1. The van der Waals surface area contributed by atoms with Gasteiger partial charge in [-0.3, -0.25) is 9.10 Å². The lowest BCUT2D eigenvalue weighted by atomic mass is 9.80. The average molecular weight is 418 g/mol. The number of allylic oxidation sites excluding steroid dienone is 1. The van der Waals surface area contributed by atoms with E-state index < -0.39 is 15.9 Å². The largest absolute Gasteiger partial charge is 0.300 e. The lowest BCUT2D eigenvalue weighted by Gasteiger charge is -2.38. The van der Waals surface area contributed by atoms with Gasteiger partial charge in [-0.2, -0.15) is 0 Å². The molecule has 1 aliphatic rings. The van der Waals surface area contributed by atoms with Gasteiger partial charge in [0, 0.05) is 18.4 Å². The van der Waals surface area contributed by atoms with Gasteiger partial charge in [-0.1, -0.05) is 84.9 Å². The zero-order valence-corrected chi connectivity index (χ0v) is 17.5. The van der Waals surface area contributed by atoms with E-state index in [0.29, 0.717) is 5.70 Å². The predicted molar refractivity (Wildman–Crippen MR) is 118 cm³/mol. The molecule has 0 fully saturated rings. The molecule has 3 aromatic carbocycles. The highest BCUT2D eigenvalue weighted by Crippen LogP contribution is 2.40. The molecule has 0 saturated heterocycles. The maximum absolute atomic E-state index is 13.6. The molecule has 0 spiro atoms. The van der Waals surface area contributed by atoms with Crippen LogP contribution in [-0.4, -0.2) is 25.1 Å². The van der Waals surface area contributed by atoms with Crippen molar-refractivity contribution in [1.82, 2.24) is 4.31 Å². The first-order valence-electron chi connectivity index (χ1n) is 9.89. The second-order valence-corrected chi connectivity index (χ2v) is 9.28. The average Bonchev–Trinajstić information content (AvgIpc) is 2.80. The van der Waals surface area contributed by atoms with Crippen LogP contribution in [0.25, 0.3) is 5.70 Å². The van der Waals surface area contributed by atoms with Crippen LogP contribution in [0.2, 0.25) is 0 Å². The Morgan fingerprint density at radius 1 is 0.833 bits per heavy atom. The molecule has 3 aromatic rings. The molecule has 2 atom stereocenters. The summed E-state index contributed by atoms with van der Waals surface area (Å²) in [6.45, 7) is 1.64. The van der Waals surface area contributed by atoms with Crippen molar-refractivity contribution in [3.05, 3.63) is 108 Å². The zero-order chi connectivity index (χ0) is 21.1. The van der Waals surface area contributed by atoms with Crippen LogP contribution in [0.1, 0.15) is 24.0 Å². The van der Waals surface area contributed by atoms with Crippen LogP contribution in [-0.2, 0) is 14.8 Å². The molecule has 0 unspecified atom stereocenters. The Kier molecular flexibility index (Phi) is 5.55. The molecule has 0 aliphatic carbocycles. The van der Waals surface area contributed by atoms with Crippen molar-refractivity contribution < 1.29 is 13.2 Å². The third-order valence-corrected chi connectivity index (χ3v) is 7.30. The SMILES string of the molecule is CC(=O)[C@H]1CN(S(=O)(=O)c2ccccc2)C(c2ccccc2)=C[C@@H]1c1ccccc1. The highest BCUT2D eigenvalue weighted by molar-refractivity contribution is 7.89. The molecule has 1 aliphatic heterocycles. The molecule has 1 heterocycles. The number of carbonyl (C=O) groups excluding carboxylic acids is 1. The fourth-order valence-corrected chi connectivity index (χ4v) is 5.48. The fraction of sp³-hybridized carbons (Fsp3) is 0.160. The smallest absolute Gasteiger partial charge is 0.264 e. The predicted octanol–water partition coefficient (Wildman–Crippen LogP) is 4.72. The second kappa shape index (κ2) is 8.28. The highest BCUT2D eigenvalue weighted by Gasteiger charge is 2.39. The molecule has 0 saturated carbocycles. The van der Waals surface area contributed by atoms with Gasteiger partial charge in [0.1, 0.15) is 5.78 Å². The minimum absolute atomic E-state index is 0.0273. The number of Topliss-reactive ketones (excluding diaryl/α,β-unsaturated/α-hetero) is 1. The first-order valence-corrected chi connectivity index (χ1v) is 11.3. The van der Waals surface area contributed by atoms with Crippen LogP contribution in [0.3, 0.4) is 0 Å². The van der Waals surface area contributed by atoms with Crippen LogP contribution >= 0.6 is 0 Å². The lowest BCUT2D eigenvalue weighted by Crippen LogP contribution is -2.41. The molecule has 0 aromatic heterocycles. The third-order valence-electron chi connectivity index (χ3n) is 5.51. The third kappa shape index (κ3) is 3.81. The van der Waals surface area contributed by atoms with Crippen molar-refractivity contribution in [2.24, 2.45) is 5.92 Å². The van der Waals surface area contributed by atoms with Crippen LogP contribution in [0.4, 0.5) is 0 Å². The van der Waals surface area contributed by atoms with Gasteiger partial charge in [-0.15, -0.1) is 0 Å². The maximum Gasteiger partial charge on any atom is 0.264 e. The van der Waals surface area contributed by atoms with Gasteiger partial charge in [0.05, 0.1) is 10.6 Å². The Hall–Kier alpha value is -3.18. The van der Waals surface area contributed by atoms with Crippen molar-refractivity contribution in [3.63, 3.8) is 0 Å². The Balaban J connectivity index is 1.90. The van der Waals surface area contributed by atoms with E-state index in [1.54, 1.807) is 30.3 Å². The van der Waals surface area contributed by atoms with Gasteiger partial charge in [0.15, 0.2) is 0 Å². The Bertz CT molecular complexity index is 1160. The van der Waals surface area contributed by atoms with E-state index >= 15 is 0 Å². The molecule has 0 amide bonds. The zero-order valence-electron chi connectivity index (χ0n) is 16.7. The van der Waals surface area contributed by atoms with Crippen molar-refractivity contribution in [2.75, 3.05) is 6.54 Å². The summed E-state index contributed by atoms with van der Waals surface area (Å²) in [5.74, 6) is -0.681. The minimum atomic E-state index is -3.82. The fourth-order valence-electron chi connectivity index (χ4n) is 3.94. The van der Waals surface area contributed by atoms with Gasteiger partial charge in [-0.25, -0.2) is 8.42 Å². The summed E-state index contributed by atoms with van der Waals surface area (Å²) < 4.78 is 28.5. The van der Waals surface area contributed by atoms with Crippen molar-refractivity contribution in [1.29, 1.82) is 0 Å². The summed E-state index contributed by atoms with van der Waals surface area (Å²) in [4.78, 5) is 12.8. The number of benzene rings is 3. The molecule has 4 nitrogen and oxygen atoms in total. The van der Waals surface area contributed by atoms with E-state index in [-0.39, 0.29) is 23.1 Å². The number of rotatable bonds is 5. The maximum atomic E-state index is 13.6. The van der Waals surface area contributed by atoms with Gasteiger partial charge in [0.2, 0.25) is 0 Å². The normalized spacial score (nSPS) is 19.2. The molecule has 0 N–H and O–H groups in total. The van der Waals surface area contributed by atoms with Gasteiger partial charge < -0.3 is 0 Å². The first kappa shape index (κ1) is 20.1. The molecule has 0 bridgehead atoms. The molecule has 30 heavy (non-hydrogen) atoms. The van der Waals surface area contributed by atoms with E-state index in [4.69, 9.17) is 0 Å². The minimum Gasteiger partial charge on any atom is -0.300 e. The van der Waals surface area contributed by atoms with E-state index in [9.17, 15) is 13.2 Å². The van der Waals surface area contributed by atoms with Crippen molar-refractivity contribution >= 4 is 21.5 Å². The summed E-state index contributed by atoms with van der Waals surface area (Å²) >= 11 is 0. The summed E-state index contributed by atoms with van der Waals surface area (Å²) in [7, 11) is -3.82. The van der Waals surface area contributed by atoms with E-state index in [0.717, 1.165) is 11.1 Å². The number of sulfonamides is 1. The molecule has 0 radical (unpaired) electrons. The Morgan fingerprint density at radius 2 is 1.37 bits per heavy atom. The quantitative estimate of drug-likeness (QED) is 0.604. The van der Waals surface area contributed by atoms with Crippen LogP contribution in [0.5, 0.6) is 0 Å². The number of hydrogen-bond donors (Lipinski definition) is 0. The standard InChI is InChI=1S/C25H23NO3S/c1-19(27)24-18-26(30(28,29)22-15-9-4-10-16-22)25(21-13-7-3-8-14-21)17-23(24)20-11-5-2-6-12-20/h2-17,23-24H,18H2,1H3/t23-,24-/m1/s1. The number of carbonyl (C=O) groups is 1. The lowest BCUT2D eigenvalue weighted by molar-refractivity contribution is -0.121. The summed E-state index contributed by atoms with van der Waals surface area (Å²) in [6, 6.07) is 27.6. The van der Waals surface area contributed by atoms with Gasteiger partial charge in [-0.05, 0) is 30.2 Å². The van der Waals surface area contributed by atoms with Gasteiger partial charge in [0.25, 0.3) is 10.0 Å². The first-order chi connectivity index (χ1) is 14.5. The Labute approximate surface area is 177 Å². The topological polar surface area (TPSA) is 54.5 Å². The molecular weight excluding hydrogens is 394 g/mol.